The summed E-state index contributed by atoms with van der Waals surface area (Å²) in [5.41, 5.74) is 4.34. The van der Waals surface area contributed by atoms with E-state index in [-0.39, 0.29) is 23.1 Å². The van der Waals surface area contributed by atoms with Gasteiger partial charge in [-0.05, 0) is 65.6 Å². The molecule has 2 amide bonds. The van der Waals surface area contributed by atoms with Gasteiger partial charge in [-0.3, -0.25) is 9.59 Å². The van der Waals surface area contributed by atoms with E-state index in [1.54, 1.807) is 30.3 Å². The number of sulfonamides is 1. The monoisotopic (exact) mass is 600 g/mol. The number of amides is 2. The highest BCUT2D eigenvalue weighted by Crippen LogP contribution is 2.36. The van der Waals surface area contributed by atoms with Crippen molar-refractivity contribution in [2.45, 2.75) is 25.8 Å². The lowest BCUT2D eigenvalue weighted by molar-refractivity contribution is 0.0934. The first-order valence-corrected chi connectivity index (χ1v) is 15.7. The predicted molar refractivity (Wildman–Crippen MR) is 166 cm³/mol. The number of fused-ring (bicyclic) bond motifs is 1. The van der Waals surface area contributed by atoms with Crippen LogP contribution in [0, 0.1) is 0 Å². The maximum Gasteiger partial charge on any atom is 0.265 e. The molecule has 1 atom stereocenters. The molecule has 5 rings (SSSR count). The second-order valence-electron chi connectivity index (χ2n) is 9.98. The molecule has 10 heteroatoms. The van der Waals surface area contributed by atoms with Crippen LogP contribution in [0.5, 0.6) is 0 Å². The first-order valence-electron chi connectivity index (χ1n) is 13.4. The number of nitrogens with one attached hydrogen (secondary N) is 3. The maximum absolute atomic E-state index is 13.5. The molecule has 8 nitrogen and oxygen atoms in total. The normalized spacial score (nSPS) is 12.2. The van der Waals surface area contributed by atoms with Crippen molar-refractivity contribution < 1.29 is 18.0 Å². The Bertz CT molecular complexity index is 1850. The van der Waals surface area contributed by atoms with Crippen LogP contribution in [-0.2, 0) is 10.0 Å². The second-order valence-corrected chi connectivity index (χ2v) is 12.2. The van der Waals surface area contributed by atoms with Crippen molar-refractivity contribution in [1.29, 1.82) is 0 Å². The minimum absolute atomic E-state index is 0.000504. The molecule has 0 fully saturated rings. The van der Waals surface area contributed by atoms with Crippen LogP contribution in [0.4, 0.5) is 0 Å². The number of imidazole rings is 1. The number of halogens is 1. The lowest BCUT2D eigenvalue weighted by Gasteiger charge is -2.20. The van der Waals surface area contributed by atoms with E-state index in [1.807, 2.05) is 66.2 Å². The van der Waals surface area contributed by atoms with Crippen molar-refractivity contribution in [1.82, 2.24) is 20.0 Å². The molecule has 0 aliphatic heterocycles. The molecule has 0 saturated heterocycles. The van der Waals surface area contributed by atoms with Crippen LogP contribution in [0.3, 0.4) is 0 Å². The van der Waals surface area contributed by atoms with Gasteiger partial charge in [-0.15, -0.1) is 0 Å². The largest absolute Gasteiger partial charge is 0.345 e. The number of H-pyrrole nitrogens is 1. The van der Waals surface area contributed by atoms with E-state index in [4.69, 9.17) is 16.6 Å². The van der Waals surface area contributed by atoms with E-state index in [1.165, 1.54) is 6.07 Å². The standard InChI is InChI=1S/C32H29ClN4O4S/c1-3-9-27(20-10-5-4-6-11-20)36-31(38)21-14-16-23(26(18-21)32(39)37-42(2,40)41)25-19-22(33)15-17-24(25)30-34-28-12-7-8-13-29(28)35-30/h4-8,10-19,27H,3,9H2,1-2H3,(H,34,35)(H,36,38)(H,37,39). The third-order valence-corrected chi connectivity index (χ3v) is 7.60. The lowest BCUT2D eigenvalue weighted by atomic mass is 9.93. The number of para-hydroxylation sites is 2. The molecule has 1 unspecified atom stereocenters. The number of aromatic nitrogens is 2. The van der Waals surface area contributed by atoms with Crippen LogP contribution in [0.1, 0.15) is 52.1 Å². The summed E-state index contributed by atoms with van der Waals surface area (Å²) in [6.45, 7) is 2.04. The average molecular weight is 601 g/mol. The summed E-state index contributed by atoms with van der Waals surface area (Å²) in [5.74, 6) is -0.712. The highest BCUT2D eigenvalue weighted by Gasteiger charge is 2.23. The zero-order valence-electron chi connectivity index (χ0n) is 23.0. The summed E-state index contributed by atoms with van der Waals surface area (Å²) in [6.07, 6.45) is 2.47. The first kappa shape index (κ1) is 29.0. The fourth-order valence-corrected chi connectivity index (χ4v) is 5.51. The number of carbonyl (C=O) groups excluding carboxylic acids is 2. The van der Waals surface area contributed by atoms with Gasteiger partial charge in [0.15, 0.2) is 0 Å². The SMILES string of the molecule is CCCC(NC(=O)c1ccc(-c2cc(Cl)ccc2-c2nc3ccccc3[nH]2)c(C(=O)NS(C)(=O)=O)c1)c1ccccc1. The molecule has 42 heavy (non-hydrogen) atoms. The van der Waals surface area contributed by atoms with Crippen molar-refractivity contribution in [2.75, 3.05) is 6.26 Å². The number of carbonyl (C=O) groups is 2. The third-order valence-electron chi connectivity index (χ3n) is 6.81. The molecular weight excluding hydrogens is 572 g/mol. The van der Waals surface area contributed by atoms with E-state index >= 15 is 0 Å². The molecule has 1 aromatic heterocycles. The Kier molecular flexibility index (Phi) is 8.42. The minimum atomic E-state index is -3.90. The minimum Gasteiger partial charge on any atom is -0.345 e. The van der Waals surface area contributed by atoms with Crippen molar-refractivity contribution >= 4 is 44.5 Å². The van der Waals surface area contributed by atoms with E-state index in [9.17, 15) is 18.0 Å². The van der Waals surface area contributed by atoms with Crippen LogP contribution >= 0.6 is 11.6 Å². The van der Waals surface area contributed by atoms with Crippen LogP contribution in [0.15, 0.2) is 91.0 Å². The van der Waals surface area contributed by atoms with Gasteiger partial charge in [-0.1, -0.05) is 73.5 Å². The fourth-order valence-electron chi connectivity index (χ4n) is 4.90. The second kappa shape index (κ2) is 12.2. The Balaban J connectivity index is 1.60. The van der Waals surface area contributed by atoms with Crippen LogP contribution < -0.4 is 10.0 Å². The van der Waals surface area contributed by atoms with Crippen molar-refractivity contribution in [3.8, 4) is 22.5 Å². The van der Waals surface area contributed by atoms with E-state index in [2.05, 4.69) is 10.3 Å². The highest BCUT2D eigenvalue weighted by molar-refractivity contribution is 7.89. The van der Waals surface area contributed by atoms with Gasteiger partial charge in [0.05, 0.1) is 23.3 Å². The van der Waals surface area contributed by atoms with E-state index in [0.717, 1.165) is 35.7 Å². The van der Waals surface area contributed by atoms with Gasteiger partial charge < -0.3 is 10.3 Å². The summed E-state index contributed by atoms with van der Waals surface area (Å²) < 4.78 is 26.1. The summed E-state index contributed by atoms with van der Waals surface area (Å²) in [4.78, 5) is 34.8. The van der Waals surface area contributed by atoms with Crippen LogP contribution in [-0.4, -0.2) is 36.5 Å². The van der Waals surface area contributed by atoms with Gasteiger partial charge in [0, 0.05) is 21.7 Å². The molecule has 0 bridgehead atoms. The van der Waals surface area contributed by atoms with Gasteiger partial charge in [-0.25, -0.2) is 18.1 Å². The predicted octanol–water partition coefficient (Wildman–Crippen LogP) is 6.51. The Morgan fingerprint density at radius 2 is 1.60 bits per heavy atom. The summed E-state index contributed by atoms with van der Waals surface area (Å²) in [6, 6.07) is 26.8. The summed E-state index contributed by atoms with van der Waals surface area (Å²) >= 11 is 6.41. The Morgan fingerprint density at radius 1 is 0.881 bits per heavy atom. The molecule has 3 N–H and O–H groups in total. The van der Waals surface area contributed by atoms with Gasteiger partial charge >= 0.3 is 0 Å². The van der Waals surface area contributed by atoms with Crippen molar-refractivity contribution in [3.63, 3.8) is 0 Å². The van der Waals surface area contributed by atoms with Crippen molar-refractivity contribution in [2.24, 2.45) is 0 Å². The van der Waals surface area contributed by atoms with E-state index in [0.29, 0.717) is 27.5 Å². The summed E-state index contributed by atoms with van der Waals surface area (Å²) in [5, 5.41) is 3.47. The lowest BCUT2D eigenvalue weighted by Crippen LogP contribution is -2.31. The quantitative estimate of drug-likeness (QED) is 0.178. The molecular formula is C32H29ClN4O4S. The Morgan fingerprint density at radius 3 is 2.31 bits per heavy atom. The number of hydrogen-bond donors (Lipinski definition) is 3. The third kappa shape index (κ3) is 6.53. The van der Waals surface area contributed by atoms with Gasteiger partial charge in [0.2, 0.25) is 10.0 Å². The van der Waals surface area contributed by atoms with Crippen LogP contribution in [0.2, 0.25) is 5.02 Å². The van der Waals surface area contributed by atoms with Gasteiger partial charge in [0.25, 0.3) is 11.8 Å². The average Bonchev–Trinajstić information content (AvgIpc) is 3.40. The fraction of sp³-hybridized carbons (Fsp3) is 0.156. The van der Waals surface area contributed by atoms with Gasteiger partial charge in [0.1, 0.15) is 5.82 Å². The van der Waals surface area contributed by atoms with Gasteiger partial charge in [-0.2, -0.15) is 0 Å². The van der Waals surface area contributed by atoms with E-state index < -0.39 is 15.9 Å². The molecule has 4 aromatic carbocycles. The van der Waals surface area contributed by atoms with Crippen molar-refractivity contribution in [3.05, 3.63) is 113 Å². The number of hydrogen-bond acceptors (Lipinski definition) is 5. The first-order chi connectivity index (χ1) is 20.1. The molecule has 1 heterocycles. The molecule has 0 aliphatic carbocycles. The molecule has 0 aliphatic rings. The van der Waals surface area contributed by atoms with Crippen LogP contribution in [0.25, 0.3) is 33.5 Å². The Hall–Kier alpha value is -4.47. The summed E-state index contributed by atoms with van der Waals surface area (Å²) in [7, 11) is -3.90. The Labute approximate surface area is 249 Å². The molecule has 0 saturated carbocycles. The number of nitrogens with zero attached hydrogens (tertiary/aromatic N) is 1. The highest BCUT2D eigenvalue weighted by atomic mass is 35.5. The molecule has 5 aromatic rings. The number of rotatable bonds is 9. The molecule has 214 valence electrons. The number of aromatic amines is 1. The zero-order valence-corrected chi connectivity index (χ0v) is 24.6. The molecule has 0 radical (unpaired) electrons. The smallest absolute Gasteiger partial charge is 0.265 e. The number of benzene rings is 4. The topological polar surface area (TPSA) is 121 Å². The molecule has 0 spiro atoms. The maximum atomic E-state index is 13.5. The zero-order chi connectivity index (χ0) is 29.9.